The molecule has 0 amide bonds. The van der Waals surface area contributed by atoms with Crippen LogP contribution in [0.5, 0.6) is 0 Å². The fourth-order valence-electron chi connectivity index (χ4n) is 0. The van der Waals surface area contributed by atoms with Gasteiger partial charge < -0.3 is 5.32 Å². The first-order valence-electron chi connectivity index (χ1n) is 1.58. The van der Waals surface area contributed by atoms with Crippen molar-refractivity contribution in [3.05, 3.63) is 0 Å². The van der Waals surface area contributed by atoms with Crippen LogP contribution in [0.1, 0.15) is 0 Å². The highest BCUT2D eigenvalue weighted by atomic mass is 31.1. The Morgan fingerprint density at radius 1 is 1.43 bits per heavy atom. The Labute approximate surface area is 43.1 Å². The lowest BCUT2D eigenvalue weighted by atomic mass is 11.3. The van der Waals surface area contributed by atoms with Crippen LogP contribution in [-0.2, 0) is 4.57 Å². The predicted molar refractivity (Wildman–Crippen MR) is 27.0 cm³/mol. The zero-order chi connectivity index (χ0) is 6.28. The Bertz CT molecular complexity index is 44.2. The first-order valence-corrected chi connectivity index (χ1v) is 2.75. The monoisotopic (exact) mass is 126 g/mol. The molecule has 0 atom stereocenters. The highest BCUT2D eigenvalue weighted by molar-refractivity contribution is 7.30. The molecule has 4 nitrogen and oxygen atoms in total. The van der Waals surface area contributed by atoms with Gasteiger partial charge in [-0.1, -0.05) is 0 Å². The minimum Gasteiger partial charge on any atom is -0.323 e. The molecule has 0 radical (unpaired) electrons. The van der Waals surface area contributed by atoms with E-state index in [4.69, 9.17) is 14.4 Å². The largest absolute Gasteiger partial charge is 0.692 e. The molecule has 0 spiro atoms. The van der Waals surface area contributed by atoms with Crippen molar-refractivity contribution in [3.8, 4) is 0 Å². The van der Waals surface area contributed by atoms with E-state index < -0.39 is 8.25 Å². The van der Waals surface area contributed by atoms with E-state index in [1.165, 1.54) is 0 Å². The van der Waals surface area contributed by atoms with Crippen LogP contribution in [-0.4, -0.2) is 23.9 Å². The molecule has 0 aliphatic carbocycles. The lowest BCUT2D eigenvalue weighted by Crippen LogP contribution is -1.89. The van der Waals surface area contributed by atoms with Crippen molar-refractivity contribution in [3.63, 3.8) is 0 Å². The van der Waals surface area contributed by atoms with Crippen molar-refractivity contribution in [2.45, 2.75) is 0 Å². The molecular weight excluding hydrogens is 117 g/mol. The van der Waals surface area contributed by atoms with E-state index in [2.05, 4.69) is 5.32 Å². The molecular formula is C2H9NO3P+. The summed E-state index contributed by atoms with van der Waals surface area (Å²) >= 11 is 0. The van der Waals surface area contributed by atoms with Crippen molar-refractivity contribution in [2.24, 2.45) is 0 Å². The zero-order valence-corrected chi connectivity index (χ0v) is 5.14. The van der Waals surface area contributed by atoms with Gasteiger partial charge in [0.1, 0.15) is 0 Å². The van der Waals surface area contributed by atoms with Crippen LogP contribution in [0.2, 0.25) is 0 Å². The summed E-state index contributed by atoms with van der Waals surface area (Å²) in [5, 5.41) is 2.75. The number of nitrogens with one attached hydrogen (secondary N) is 1. The molecule has 7 heavy (non-hydrogen) atoms. The van der Waals surface area contributed by atoms with Crippen LogP contribution in [0.15, 0.2) is 0 Å². The molecule has 0 aromatic carbocycles. The molecule has 0 rings (SSSR count). The van der Waals surface area contributed by atoms with Gasteiger partial charge in [-0.2, -0.15) is 0 Å². The maximum Gasteiger partial charge on any atom is 0.692 e. The second-order valence-corrected chi connectivity index (χ2v) is 1.26. The molecule has 0 aromatic heterocycles. The molecule has 0 aliphatic heterocycles. The first kappa shape index (κ1) is 10.1. The summed E-state index contributed by atoms with van der Waals surface area (Å²) in [5.74, 6) is 0. The van der Waals surface area contributed by atoms with Gasteiger partial charge in [0.05, 0.1) is 0 Å². The van der Waals surface area contributed by atoms with Gasteiger partial charge in [0.25, 0.3) is 0 Å². The smallest absolute Gasteiger partial charge is 0.323 e. The third-order valence-electron chi connectivity index (χ3n) is 0. The van der Waals surface area contributed by atoms with Gasteiger partial charge in [-0.25, -0.2) is 0 Å². The van der Waals surface area contributed by atoms with Gasteiger partial charge >= 0.3 is 8.25 Å². The Balaban J connectivity index is 0. The molecule has 0 aromatic rings. The van der Waals surface area contributed by atoms with Crippen molar-refractivity contribution >= 4 is 8.25 Å². The van der Waals surface area contributed by atoms with Gasteiger partial charge in [0, 0.05) is 4.57 Å². The fraction of sp³-hybridized carbons (Fsp3) is 1.00. The van der Waals surface area contributed by atoms with Crippen LogP contribution in [0.4, 0.5) is 0 Å². The molecule has 0 saturated heterocycles. The van der Waals surface area contributed by atoms with E-state index in [0.717, 1.165) is 0 Å². The van der Waals surface area contributed by atoms with Gasteiger partial charge in [0.2, 0.25) is 0 Å². The molecule has 5 heteroatoms. The number of hydrogen-bond acceptors (Lipinski definition) is 2. The van der Waals surface area contributed by atoms with E-state index in [-0.39, 0.29) is 0 Å². The average molecular weight is 126 g/mol. The summed E-state index contributed by atoms with van der Waals surface area (Å²) in [5.41, 5.74) is 0. The maximum absolute atomic E-state index is 8.70. The molecule has 44 valence electrons. The minimum atomic E-state index is -2.87. The second-order valence-electron chi connectivity index (χ2n) is 0.753. The first-order chi connectivity index (χ1) is 3.15. The minimum absolute atomic E-state index is 1.88. The van der Waals surface area contributed by atoms with Crippen LogP contribution in [0.3, 0.4) is 0 Å². The quantitative estimate of drug-likeness (QED) is 0.381. The zero-order valence-electron chi connectivity index (χ0n) is 4.25. The van der Waals surface area contributed by atoms with Crippen LogP contribution >= 0.6 is 8.25 Å². The lowest BCUT2D eigenvalue weighted by molar-refractivity contribution is 0.405. The summed E-state index contributed by atoms with van der Waals surface area (Å²) in [6, 6.07) is 0. The van der Waals surface area contributed by atoms with E-state index >= 15 is 0 Å². The molecule has 3 N–H and O–H groups in total. The third kappa shape index (κ3) is 237000. The fourth-order valence-corrected chi connectivity index (χ4v) is 0. The van der Waals surface area contributed by atoms with Crippen LogP contribution in [0, 0.1) is 0 Å². The topological polar surface area (TPSA) is 69.6 Å². The van der Waals surface area contributed by atoms with Crippen molar-refractivity contribution in [1.82, 2.24) is 5.32 Å². The summed E-state index contributed by atoms with van der Waals surface area (Å²) in [7, 11) is 0.880. The summed E-state index contributed by atoms with van der Waals surface area (Å²) in [6.45, 7) is 0. The summed E-state index contributed by atoms with van der Waals surface area (Å²) < 4.78 is 8.70. The second kappa shape index (κ2) is 9.36. The standard InChI is InChI=1S/C2H7N.HO3P/c1-3-2;1-4(2)3/h3H,1-2H3;(H-,1,2,3)/p+1. The number of rotatable bonds is 0. The van der Waals surface area contributed by atoms with Gasteiger partial charge in [0.15, 0.2) is 0 Å². The lowest BCUT2D eigenvalue weighted by Gasteiger charge is -1.59. The molecule has 0 heterocycles. The SMILES string of the molecule is CNC.O=[P+](O)O. The van der Waals surface area contributed by atoms with E-state index in [1.54, 1.807) is 0 Å². The summed E-state index contributed by atoms with van der Waals surface area (Å²) in [6.07, 6.45) is 0. The highest BCUT2D eigenvalue weighted by Crippen LogP contribution is 1.98. The number of hydrogen-bond donors (Lipinski definition) is 3. The van der Waals surface area contributed by atoms with Crippen LogP contribution in [0.25, 0.3) is 0 Å². The van der Waals surface area contributed by atoms with Gasteiger partial charge in [-0.05, 0) is 14.1 Å². The predicted octanol–water partition coefficient (Wildman–Crippen LogP) is -0.536. The molecule has 0 fully saturated rings. The van der Waals surface area contributed by atoms with Gasteiger partial charge in [-0.3, -0.25) is 0 Å². The molecule has 0 saturated carbocycles. The van der Waals surface area contributed by atoms with Crippen molar-refractivity contribution in [2.75, 3.05) is 14.1 Å². The highest BCUT2D eigenvalue weighted by Gasteiger charge is 1.93. The van der Waals surface area contributed by atoms with E-state index in [0.29, 0.717) is 0 Å². The van der Waals surface area contributed by atoms with Crippen molar-refractivity contribution < 1.29 is 14.4 Å². The Morgan fingerprint density at radius 2 is 1.43 bits per heavy atom. The third-order valence-corrected chi connectivity index (χ3v) is 0. The molecule has 0 bridgehead atoms. The maximum atomic E-state index is 8.70. The molecule has 0 unspecified atom stereocenters. The normalized spacial score (nSPS) is 6.29. The van der Waals surface area contributed by atoms with E-state index in [9.17, 15) is 0 Å². The average Bonchev–Trinajstić information content (AvgIpc) is 1.33. The van der Waals surface area contributed by atoms with Gasteiger partial charge in [-0.15, -0.1) is 9.79 Å². The van der Waals surface area contributed by atoms with Crippen LogP contribution < -0.4 is 5.32 Å². The van der Waals surface area contributed by atoms with E-state index in [1.807, 2.05) is 14.1 Å². The summed E-state index contributed by atoms with van der Waals surface area (Å²) in [4.78, 5) is 14.2. The Hall–Kier alpha value is -0.0200. The Kier molecular flexibility index (Phi) is 13.5. The Morgan fingerprint density at radius 3 is 1.43 bits per heavy atom. The molecule has 0 aliphatic rings. The van der Waals surface area contributed by atoms with Crippen molar-refractivity contribution in [1.29, 1.82) is 0 Å².